The van der Waals surface area contributed by atoms with E-state index in [9.17, 15) is 9.59 Å². The summed E-state index contributed by atoms with van der Waals surface area (Å²) < 4.78 is 0. The highest BCUT2D eigenvalue weighted by Crippen LogP contribution is 2.30. The summed E-state index contributed by atoms with van der Waals surface area (Å²) in [4.78, 5) is 27.9. The van der Waals surface area contributed by atoms with Crippen molar-refractivity contribution in [1.29, 1.82) is 0 Å². The summed E-state index contributed by atoms with van der Waals surface area (Å²) in [6.07, 6.45) is 7.14. The monoisotopic (exact) mass is 357 g/mol. The molecule has 5 heteroatoms. The van der Waals surface area contributed by atoms with Gasteiger partial charge in [-0.25, -0.2) is 0 Å². The molecule has 1 aromatic carbocycles. The van der Waals surface area contributed by atoms with Gasteiger partial charge in [-0.1, -0.05) is 25.0 Å². The molecule has 0 radical (unpaired) electrons. The Morgan fingerprint density at radius 2 is 1.69 bits per heavy atom. The molecule has 26 heavy (non-hydrogen) atoms. The minimum Gasteiger partial charge on any atom is -0.366 e. The van der Waals surface area contributed by atoms with Gasteiger partial charge in [0.25, 0.3) is 0 Å². The molecule has 142 valence electrons. The number of nitrogens with zero attached hydrogens (tertiary/aromatic N) is 2. The van der Waals surface area contributed by atoms with Gasteiger partial charge in [0.05, 0.1) is 0 Å². The number of rotatable bonds is 4. The van der Waals surface area contributed by atoms with Gasteiger partial charge in [0.2, 0.25) is 11.8 Å². The molecule has 0 aromatic heterocycles. The number of carbonyl (C=O) groups excluding carboxylic acids is 2. The molecule has 1 aromatic rings. The van der Waals surface area contributed by atoms with Crippen molar-refractivity contribution in [2.45, 2.75) is 58.0 Å². The normalized spacial score (nSPS) is 22.8. The molecule has 2 fully saturated rings. The van der Waals surface area contributed by atoms with E-state index in [1.54, 1.807) is 19.1 Å². The third kappa shape index (κ3) is 4.64. The molecular formula is C21H31N3O2. The van der Waals surface area contributed by atoms with Gasteiger partial charge in [-0.15, -0.1) is 0 Å². The van der Waals surface area contributed by atoms with Gasteiger partial charge in [0, 0.05) is 31.6 Å². The third-order valence-electron chi connectivity index (χ3n) is 6.02. The van der Waals surface area contributed by atoms with E-state index in [-0.39, 0.29) is 11.8 Å². The van der Waals surface area contributed by atoms with E-state index in [1.165, 1.54) is 24.8 Å². The number of primary amides is 1. The molecule has 2 amide bonds. The summed E-state index contributed by atoms with van der Waals surface area (Å²) in [5.41, 5.74) is 7.08. The highest BCUT2D eigenvalue weighted by atomic mass is 16.2. The molecule has 0 bridgehead atoms. The lowest BCUT2D eigenvalue weighted by Crippen LogP contribution is -2.47. The lowest BCUT2D eigenvalue weighted by atomic mass is 9.86. The van der Waals surface area contributed by atoms with Crippen molar-refractivity contribution in [2.75, 3.05) is 19.6 Å². The molecule has 0 spiro atoms. The summed E-state index contributed by atoms with van der Waals surface area (Å²) >= 11 is 0. The molecule has 1 unspecified atom stereocenters. The van der Waals surface area contributed by atoms with Crippen LogP contribution in [0.4, 0.5) is 0 Å². The zero-order chi connectivity index (χ0) is 18.5. The largest absolute Gasteiger partial charge is 0.366 e. The van der Waals surface area contributed by atoms with Crippen LogP contribution in [0.15, 0.2) is 24.3 Å². The fraction of sp³-hybridized carbons (Fsp3) is 0.619. The fourth-order valence-corrected chi connectivity index (χ4v) is 4.54. The Hall–Kier alpha value is -1.88. The van der Waals surface area contributed by atoms with Crippen molar-refractivity contribution in [3.63, 3.8) is 0 Å². The Labute approximate surface area is 156 Å². The van der Waals surface area contributed by atoms with E-state index in [1.807, 2.05) is 12.1 Å². The zero-order valence-corrected chi connectivity index (χ0v) is 15.8. The highest BCUT2D eigenvalue weighted by molar-refractivity contribution is 5.92. The molecule has 1 atom stereocenters. The van der Waals surface area contributed by atoms with Crippen LogP contribution in [0.5, 0.6) is 0 Å². The summed E-state index contributed by atoms with van der Waals surface area (Å²) in [5, 5.41) is 0. The number of nitrogens with two attached hydrogens (primary N) is 1. The van der Waals surface area contributed by atoms with Gasteiger partial charge < -0.3 is 10.6 Å². The average Bonchev–Trinajstić information content (AvgIpc) is 2.89. The maximum Gasteiger partial charge on any atom is 0.248 e. The molecule has 2 saturated heterocycles. The van der Waals surface area contributed by atoms with Crippen molar-refractivity contribution in [2.24, 2.45) is 11.7 Å². The molecule has 2 heterocycles. The maximum atomic E-state index is 12.1. The van der Waals surface area contributed by atoms with Crippen molar-refractivity contribution in [3.8, 4) is 0 Å². The Morgan fingerprint density at radius 1 is 1.00 bits per heavy atom. The van der Waals surface area contributed by atoms with Crippen LogP contribution in [0, 0.1) is 5.92 Å². The van der Waals surface area contributed by atoms with Gasteiger partial charge >= 0.3 is 0 Å². The predicted octanol–water partition coefficient (Wildman–Crippen LogP) is 2.79. The molecule has 2 aliphatic heterocycles. The summed E-state index contributed by atoms with van der Waals surface area (Å²) in [5.74, 6) is 0.496. The Balaban J connectivity index is 1.54. The lowest BCUT2D eigenvalue weighted by molar-refractivity contribution is -0.132. The number of amides is 2. The van der Waals surface area contributed by atoms with E-state index in [2.05, 4.69) is 9.80 Å². The Kier molecular flexibility index (Phi) is 6.30. The van der Waals surface area contributed by atoms with Crippen LogP contribution in [-0.4, -0.2) is 47.3 Å². The van der Waals surface area contributed by atoms with Gasteiger partial charge in [0.1, 0.15) is 0 Å². The molecule has 0 aliphatic carbocycles. The molecular weight excluding hydrogens is 326 g/mol. The van der Waals surface area contributed by atoms with Gasteiger partial charge in [-0.05, 0) is 62.4 Å². The van der Waals surface area contributed by atoms with E-state index >= 15 is 0 Å². The van der Waals surface area contributed by atoms with Crippen molar-refractivity contribution in [1.82, 2.24) is 9.80 Å². The number of benzene rings is 1. The van der Waals surface area contributed by atoms with Crippen LogP contribution in [0.3, 0.4) is 0 Å². The van der Waals surface area contributed by atoms with E-state index < -0.39 is 0 Å². The molecule has 0 saturated carbocycles. The topological polar surface area (TPSA) is 66.6 Å². The third-order valence-corrected chi connectivity index (χ3v) is 6.02. The second-order valence-electron chi connectivity index (χ2n) is 7.80. The van der Waals surface area contributed by atoms with Gasteiger partial charge in [0.15, 0.2) is 0 Å². The summed E-state index contributed by atoms with van der Waals surface area (Å²) in [7, 11) is 0. The van der Waals surface area contributed by atoms with Gasteiger partial charge in [-0.2, -0.15) is 0 Å². The van der Waals surface area contributed by atoms with Crippen LogP contribution < -0.4 is 5.73 Å². The van der Waals surface area contributed by atoms with Gasteiger partial charge in [-0.3, -0.25) is 14.5 Å². The van der Waals surface area contributed by atoms with Crippen LogP contribution >= 0.6 is 0 Å². The van der Waals surface area contributed by atoms with E-state index in [0.29, 0.717) is 17.5 Å². The van der Waals surface area contributed by atoms with E-state index in [0.717, 1.165) is 45.4 Å². The SMILES string of the molecule is CC(=O)N1CCCCCC1C1CCN(Cc2ccc(C(N)=O)cc2)CC1. The first-order chi connectivity index (χ1) is 12.5. The summed E-state index contributed by atoms with van der Waals surface area (Å²) in [6.45, 7) is 5.72. The maximum absolute atomic E-state index is 12.1. The van der Waals surface area contributed by atoms with Crippen molar-refractivity contribution in [3.05, 3.63) is 35.4 Å². The smallest absolute Gasteiger partial charge is 0.248 e. The lowest BCUT2D eigenvalue weighted by Gasteiger charge is -2.40. The first kappa shape index (κ1) is 18.9. The van der Waals surface area contributed by atoms with E-state index in [4.69, 9.17) is 5.73 Å². The van der Waals surface area contributed by atoms with Crippen LogP contribution in [0.25, 0.3) is 0 Å². The number of likely N-dealkylation sites (tertiary alicyclic amines) is 2. The average molecular weight is 357 g/mol. The number of piperidine rings is 1. The minimum absolute atomic E-state index is 0.244. The Morgan fingerprint density at radius 3 is 2.31 bits per heavy atom. The second kappa shape index (κ2) is 8.67. The standard InChI is InChI=1S/C21H31N3O2/c1-16(25)24-12-4-2-3-5-20(24)18-10-13-23(14-11-18)15-17-6-8-19(9-7-17)21(22)26/h6-9,18,20H,2-5,10-15H2,1H3,(H2,22,26). The predicted molar refractivity (Wildman–Crippen MR) is 103 cm³/mol. The fourth-order valence-electron chi connectivity index (χ4n) is 4.54. The van der Waals surface area contributed by atoms with Crippen molar-refractivity contribution >= 4 is 11.8 Å². The second-order valence-corrected chi connectivity index (χ2v) is 7.80. The van der Waals surface area contributed by atoms with Crippen LogP contribution in [0.2, 0.25) is 0 Å². The quantitative estimate of drug-likeness (QED) is 0.901. The number of hydrogen-bond acceptors (Lipinski definition) is 3. The first-order valence-corrected chi connectivity index (χ1v) is 9.93. The number of carbonyl (C=O) groups is 2. The minimum atomic E-state index is -0.379. The van der Waals surface area contributed by atoms with Crippen LogP contribution in [0.1, 0.15) is 61.4 Å². The zero-order valence-electron chi connectivity index (χ0n) is 15.8. The Bertz CT molecular complexity index is 621. The number of hydrogen-bond donors (Lipinski definition) is 1. The molecule has 2 aliphatic rings. The first-order valence-electron chi connectivity index (χ1n) is 9.93. The summed E-state index contributed by atoms with van der Waals surface area (Å²) in [6, 6.07) is 8.04. The molecule has 2 N–H and O–H groups in total. The molecule has 3 rings (SSSR count). The van der Waals surface area contributed by atoms with Crippen molar-refractivity contribution < 1.29 is 9.59 Å². The van der Waals surface area contributed by atoms with Crippen LogP contribution in [-0.2, 0) is 11.3 Å². The molecule has 5 nitrogen and oxygen atoms in total. The highest BCUT2D eigenvalue weighted by Gasteiger charge is 2.32.